The lowest BCUT2D eigenvalue weighted by Gasteiger charge is -2.32. The van der Waals surface area contributed by atoms with Gasteiger partial charge in [0.15, 0.2) is 0 Å². The predicted molar refractivity (Wildman–Crippen MR) is 74.0 cm³/mol. The maximum atomic E-state index is 9.00. The van der Waals surface area contributed by atoms with Gasteiger partial charge in [-0.25, -0.2) is 4.98 Å². The van der Waals surface area contributed by atoms with E-state index in [2.05, 4.69) is 11.1 Å². The van der Waals surface area contributed by atoms with Gasteiger partial charge >= 0.3 is 7.12 Å². The summed E-state index contributed by atoms with van der Waals surface area (Å²) < 4.78 is 12.0. The van der Waals surface area contributed by atoms with Crippen LogP contribution in [-0.4, -0.2) is 23.3 Å². The van der Waals surface area contributed by atoms with Crippen LogP contribution in [0.1, 0.15) is 45.9 Å². The number of hydrogen-bond donors (Lipinski definition) is 0. The van der Waals surface area contributed by atoms with Crippen molar-refractivity contribution in [1.29, 1.82) is 5.26 Å². The van der Waals surface area contributed by atoms with Gasteiger partial charge in [0.2, 0.25) is 0 Å². The van der Waals surface area contributed by atoms with Crippen molar-refractivity contribution in [3.05, 3.63) is 23.5 Å². The van der Waals surface area contributed by atoms with Crippen LogP contribution < -0.4 is 5.46 Å². The molecule has 2 rings (SSSR count). The van der Waals surface area contributed by atoms with Crippen LogP contribution in [0.25, 0.3) is 0 Å². The summed E-state index contributed by atoms with van der Waals surface area (Å²) in [5.74, 6) is 0. The van der Waals surface area contributed by atoms with E-state index in [-0.39, 0.29) is 11.2 Å². The first-order valence-corrected chi connectivity index (χ1v) is 6.55. The third-order valence-corrected chi connectivity index (χ3v) is 4.00. The third kappa shape index (κ3) is 2.38. The molecule has 0 spiro atoms. The SMILES string of the molecule is CCc1cc(B2OC(C)(C)C(C)(C)O2)cnc1C#N. The molecule has 1 aromatic rings. The zero-order valence-corrected chi connectivity index (χ0v) is 12.2. The summed E-state index contributed by atoms with van der Waals surface area (Å²) in [5.41, 5.74) is 1.54. The fraction of sp³-hybridized carbons (Fsp3) is 0.571. The van der Waals surface area contributed by atoms with E-state index in [9.17, 15) is 0 Å². The molecule has 19 heavy (non-hydrogen) atoms. The van der Waals surface area contributed by atoms with Crippen LogP contribution in [0.4, 0.5) is 0 Å². The van der Waals surface area contributed by atoms with Crippen molar-refractivity contribution in [2.24, 2.45) is 0 Å². The van der Waals surface area contributed by atoms with Crippen molar-refractivity contribution in [2.75, 3.05) is 0 Å². The van der Waals surface area contributed by atoms with Crippen LogP contribution in [0.2, 0.25) is 0 Å². The summed E-state index contributed by atoms with van der Waals surface area (Å²) in [6.45, 7) is 10.1. The Kier molecular flexibility index (Phi) is 3.42. The van der Waals surface area contributed by atoms with Gasteiger partial charge < -0.3 is 9.31 Å². The van der Waals surface area contributed by atoms with Crippen molar-refractivity contribution in [2.45, 2.75) is 52.2 Å². The van der Waals surface area contributed by atoms with E-state index >= 15 is 0 Å². The third-order valence-electron chi connectivity index (χ3n) is 4.00. The van der Waals surface area contributed by atoms with Crippen LogP contribution in [0.15, 0.2) is 12.3 Å². The van der Waals surface area contributed by atoms with Gasteiger partial charge in [0, 0.05) is 11.7 Å². The molecule has 0 amide bonds. The maximum Gasteiger partial charge on any atom is 0.496 e. The highest BCUT2D eigenvalue weighted by atomic mass is 16.7. The number of nitrogens with zero attached hydrogens (tertiary/aromatic N) is 2. The van der Waals surface area contributed by atoms with E-state index in [1.165, 1.54) is 0 Å². The highest BCUT2D eigenvalue weighted by molar-refractivity contribution is 6.62. The molecular weight excluding hydrogens is 239 g/mol. The second-order valence-electron chi connectivity index (χ2n) is 5.83. The average Bonchev–Trinajstić information content (AvgIpc) is 2.57. The lowest BCUT2D eigenvalue weighted by atomic mass is 9.79. The van der Waals surface area contributed by atoms with Gasteiger partial charge in [-0.15, -0.1) is 0 Å². The predicted octanol–water partition coefficient (Wildman–Crippen LogP) is 1.81. The van der Waals surface area contributed by atoms with Gasteiger partial charge in [-0.05, 0) is 39.7 Å². The Morgan fingerprint density at radius 3 is 2.32 bits per heavy atom. The highest BCUT2D eigenvalue weighted by Gasteiger charge is 2.51. The van der Waals surface area contributed by atoms with Gasteiger partial charge in [0.25, 0.3) is 0 Å². The minimum absolute atomic E-state index is 0.363. The first-order valence-electron chi connectivity index (χ1n) is 6.55. The molecule has 0 saturated carbocycles. The summed E-state index contributed by atoms with van der Waals surface area (Å²) >= 11 is 0. The molecule has 1 aliphatic heterocycles. The smallest absolute Gasteiger partial charge is 0.399 e. The van der Waals surface area contributed by atoms with Crippen molar-refractivity contribution in [1.82, 2.24) is 4.98 Å². The summed E-state index contributed by atoms with van der Waals surface area (Å²) in [7, 11) is -0.421. The van der Waals surface area contributed by atoms with E-state index in [0.717, 1.165) is 17.4 Å². The Bertz CT molecular complexity index is 519. The Labute approximate surface area is 114 Å². The molecule has 1 fully saturated rings. The number of pyridine rings is 1. The van der Waals surface area contributed by atoms with E-state index in [1.807, 2.05) is 40.7 Å². The molecule has 100 valence electrons. The first kappa shape index (κ1) is 14.0. The number of nitriles is 1. The minimum Gasteiger partial charge on any atom is -0.399 e. The van der Waals surface area contributed by atoms with E-state index < -0.39 is 7.12 Å². The number of aryl methyl sites for hydroxylation is 1. The molecule has 0 N–H and O–H groups in total. The van der Waals surface area contributed by atoms with Crippen molar-refractivity contribution in [3.63, 3.8) is 0 Å². The van der Waals surface area contributed by atoms with Crippen molar-refractivity contribution >= 4 is 12.6 Å². The van der Waals surface area contributed by atoms with Gasteiger partial charge in [0.05, 0.1) is 11.2 Å². The van der Waals surface area contributed by atoms with Crippen LogP contribution in [0, 0.1) is 11.3 Å². The Morgan fingerprint density at radius 2 is 1.84 bits per heavy atom. The molecule has 5 heteroatoms. The number of aromatic nitrogens is 1. The summed E-state index contributed by atoms with van der Waals surface area (Å²) in [5, 5.41) is 9.00. The van der Waals surface area contributed by atoms with Crippen LogP contribution >= 0.6 is 0 Å². The molecule has 1 aliphatic rings. The largest absolute Gasteiger partial charge is 0.496 e. The van der Waals surface area contributed by atoms with Crippen LogP contribution in [-0.2, 0) is 15.7 Å². The number of hydrogen-bond acceptors (Lipinski definition) is 4. The summed E-state index contributed by atoms with van der Waals surface area (Å²) in [6, 6.07) is 4.06. The fourth-order valence-corrected chi connectivity index (χ4v) is 2.01. The zero-order valence-electron chi connectivity index (χ0n) is 12.2. The molecule has 1 aromatic heterocycles. The number of rotatable bonds is 2. The molecule has 0 atom stereocenters. The van der Waals surface area contributed by atoms with Gasteiger partial charge in [-0.3, -0.25) is 0 Å². The molecule has 0 bridgehead atoms. The highest BCUT2D eigenvalue weighted by Crippen LogP contribution is 2.36. The summed E-state index contributed by atoms with van der Waals surface area (Å²) in [6.07, 6.45) is 2.43. The molecule has 0 aliphatic carbocycles. The maximum absolute atomic E-state index is 9.00. The van der Waals surface area contributed by atoms with E-state index in [0.29, 0.717) is 5.69 Å². The molecule has 0 radical (unpaired) electrons. The Morgan fingerprint density at radius 1 is 1.26 bits per heavy atom. The molecule has 4 nitrogen and oxygen atoms in total. The van der Waals surface area contributed by atoms with Gasteiger partial charge in [-0.1, -0.05) is 13.0 Å². The van der Waals surface area contributed by atoms with Crippen molar-refractivity contribution in [3.8, 4) is 6.07 Å². The van der Waals surface area contributed by atoms with Crippen LogP contribution in [0.5, 0.6) is 0 Å². The van der Waals surface area contributed by atoms with Crippen molar-refractivity contribution < 1.29 is 9.31 Å². The first-order chi connectivity index (χ1) is 8.80. The lowest BCUT2D eigenvalue weighted by molar-refractivity contribution is 0.00578. The molecule has 1 saturated heterocycles. The van der Waals surface area contributed by atoms with E-state index in [4.69, 9.17) is 14.6 Å². The second-order valence-corrected chi connectivity index (χ2v) is 5.83. The normalized spacial score (nSPS) is 20.3. The minimum atomic E-state index is -0.421. The van der Waals surface area contributed by atoms with Gasteiger partial charge in [-0.2, -0.15) is 5.26 Å². The Balaban J connectivity index is 2.33. The molecule has 0 unspecified atom stereocenters. The van der Waals surface area contributed by atoms with Gasteiger partial charge in [0.1, 0.15) is 11.8 Å². The van der Waals surface area contributed by atoms with Crippen LogP contribution in [0.3, 0.4) is 0 Å². The molecule has 2 heterocycles. The fourth-order valence-electron chi connectivity index (χ4n) is 2.01. The zero-order chi connectivity index (χ0) is 14.3. The molecule has 0 aromatic carbocycles. The second kappa shape index (κ2) is 4.62. The molecular formula is C14H19BN2O2. The standard InChI is InChI=1S/C14H19BN2O2/c1-6-10-7-11(9-17-12(10)8-16)15-18-13(2,3)14(4,5)19-15/h7,9H,6H2,1-5H3. The summed E-state index contributed by atoms with van der Waals surface area (Å²) in [4.78, 5) is 4.19. The Hall–Kier alpha value is -1.38. The monoisotopic (exact) mass is 258 g/mol. The lowest BCUT2D eigenvalue weighted by Crippen LogP contribution is -2.41. The van der Waals surface area contributed by atoms with E-state index in [1.54, 1.807) is 6.20 Å². The topological polar surface area (TPSA) is 55.1 Å². The average molecular weight is 258 g/mol. The quantitative estimate of drug-likeness (QED) is 0.759.